The maximum absolute atomic E-state index is 5.35. The third-order valence-corrected chi connectivity index (χ3v) is 8.90. The summed E-state index contributed by atoms with van der Waals surface area (Å²) in [5.41, 5.74) is 7.97. The Morgan fingerprint density at radius 3 is 1.91 bits per heavy atom. The topological polar surface area (TPSA) is 40.2 Å². The van der Waals surface area contributed by atoms with E-state index in [-0.39, 0.29) is 12.2 Å². The first-order chi connectivity index (χ1) is 21.3. The lowest BCUT2D eigenvalue weighted by Crippen LogP contribution is -2.48. The molecule has 0 aliphatic carbocycles. The molecule has 2 atom stereocenters. The largest absolute Gasteiger partial charge is 0.381 e. The van der Waals surface area contributed by atoms with Gasteiger partial charge in [0.1, 0.15) is 6.17 Å². The zero-order chi connectivity index (χ0) is 28.3. The Balaban J connectivity index is 1.25. The lowest BCUT2D eigenvalue weighted by molar-refractivity contribution is 0.591. The van der Waals surface area contributed by atoms with Gasteiger partial charge in [-0.1, -0.05) is 109 Å². The average Bonchev–Trinajstić information content (AvgIpc) is 3.47. The van der Waals surface area contributed by atoms with Crippen LogP contribution < -0.4 is 15.5 Å². The van der Waals surface area contributed by atoms with Crippen LogP contribution in [0.25, 0.3) is 54.5 Å². The number of anilines is 3. The average molecular weight is 553 g/mol. The third-order valence-electron chi connectivity index (χ3n) is 8.90. The van der Waals surface area contributed by atoms with Crippen molar-refractivity contribution in [2.75, 3.05) is 10.2 Å². The van der Waals surface area contributed by atoms with Gasteiger partial charge in [-0.15, -0.1) is 0 Å². The van der Waals surface area contributed by atoms with Crippen molar-refractivity contribution in [3.63, 3.8) is 0 Å². The van der Waals surface area contributed by atoms with E-state index in [1.54, 1.807) is 0 Å². The van der Waals surface area contributed by atoms with Crippen LogP contribution in [0.1, 0.15) is 0 Å². The van der Waals surface area contributed by atoms with Crippen LogP contribution in [0.4, 0.5) is 17.1 Å². The molecule has 0 spiro atoms. The van der Waals surface area contributed by atoms with Crippen LogP contribution in [0.3, 0.4) is 0 Å². The summed E-state index contributed by atoms with van der Waals surface area (Å²) in [6, 6.07) is 43.8. The maximum Gasteiger partial charge on any atom is 0.128 e. The summed E-state index contributed by atoms with van der Waals surface area (Å²) < 4.78 is 0. The first-order valence-electron chi connectivity index (χ1n) is 14.8. The highest BCUT2D eigenvalue weighted by molar-refractivity contribution is 6.21. The van der Waals surface area contributed by atoms with E-state index < -0.39 is 0 Å². The summed E-state index contributed by atoms with van der Waals surface area (Å²) in [4.78, 5) is 7.76. The summed E-state index contributed by atoms with van der Waals surface area (Å²) in [6.45, 7) is 0. The molecule has 2 aliphatic rings. The molecule has 0 radical (unpaired) electrons. The molecule has 2 unspecified atom stereocenters. The quantitative estimate of drug-likeness (QED) is 0.169. The van der Waals surface area contributed by atoms with E-state index >= 15 is 0 Å². The Morgan fingerprint density at radius 2 is 1.23 bits per heavy atom. The van der Waals surface area contributed by atoms with Gasteiger partial charge in [0.25, 0.3) is 0 Å². The first kappa shape index (κ1) is 24.0. The maximum atomic E-state index is 5.35. The predicted octanol–water partition coefficient (Wildman–Crippen LogP) is 9.29. The van der Waals surface area contributed by atoms with Gasteiger partial charge in [-0.05, 0) is 52.9 Å². The number of allylic oxidation sites excluding steroid dienone is 2. The number of rotatable bonds is 3. The number of para-hydroxylation sites is 2. The fourth-order valence-corrected chi connectivity index (χ4v) is 6.90. The Bertz CT molecular complexity index is 2170. The zero-order valence-electron chi connectivity index (χ0n) is 23.4. The van der Waals surface area contributed by atoms with E-state index in [0.717, 1.165) is 22.4 Å². The molecule has 2 aliphatic heterocycles. The molecule has 204 valence electrons. The van der Waals surface area contributed by atoms with E-state index in [1.165, 1.54) is 49.1 Å². The molecule has 0 bridgehead atoms. The molecule has 1 aromatic heterocycles. The second-order valence-corrected chi connectivity index (χ2v) is 11.3. The van der Waals surface area contributed by atoms with E-state index in [0.29, 0.717) is 0 Å². The Kier molecular flexibility index (Phi) is 5.29. The molecule has 2 N–H and O–H groups in total. The second kappa shape index (κ2) is 9.47. The highest BCUT2D eigenvalue weighted by Gasteiger charge is 2.34. The van der Waals surface area contributed by atoms with Crippen LogP contribution in [0.2, 0.25) is 0 Å². The fraction of sp³-hybridized carbons (Fsp3) is 0.0513. The summed E-state index contributed by atoms with van der Waals surface area (Å²) in [6.07, 6.45) is 8.43. The van der Waals surface area contributed by atoms with E-state index in [2.05, 4.69) is 149 Å². The van der Waals surface area contributed by atoms with Gasteiger partial charge in [-0.25, -0.2) is 4.98 Å². The number of hydrogen-bond donors (Lipinski definition) is 2. The number of hydrogen-bond acceptors (Lipinski definition) is 4. The monoisotopic (exact) mass is 552 g/mol. The first-order valence-corrected chi connectivity index (χ1v) is 14.8. The van der Waals surface area contributed by atoms with Crippen LogP contribution in [0, 0.1) is 0 Å². The van der Waals surface area contributed by atoms with Crippen LogP contribution >= 0.6 is 0 Å². The molecule has 6 aromatic carbocycles. The molecule has 3 heterocycles. The Hall–Kier alpha value is -5.61. The third kappa shape index (κ3) is 3.73. The van der Waals surface area contributed by atoms with Crippen molar-refractivity contribution in [3.8, 4) is 11.1 Å². The van der Waals surface area contributed by atoms with Crippen molar-refractivity contribution in [2.45, 2.75) is 12.2 Å². The van der Waals surface area contributed by atoms with E-state index in [1.807, 2.05) is 12.3 Å². The summed E-state index contributed by atoms with van der Waals surface area (Å²) >= 11 is 0. The molecule has 0 fully saturated rings. The van der Waals surface area contributed by atoms with Crippen LogP contribution in [0.5, 0.6) is 0 Å². The van der Waals surface area contributed by atoms with Gasteiger partial charge in [-0.3, -0.25) is 0 Å². The van der Waals surface area contributed by atoms with Gasteiger partial charge in [-0.2, -0.15) is 0 Å². The Labute approximate surface area is 249 Å². The summed E-state index contributed by atoms with van der Waals surface area (Å²) in [7, 11) is 0. The molecular weight excluding hydrogens is 524 g/mol. The van der Waals surface area contributed by atoms with Crippen LogP contribution in [-0.4, -0.2) is 17.2 Å². The lowest BCUT2D eigenvalue weighted by atomic mass is 9.92. The van der Waals surface area contributed by atoms with Gasteiger partial charge >= 0.3 is 0 Å². The lowest BCUT2D eigenvalue weighted by Gasteiger charge is -2.33. The molecule has 43 heavy (non-hydrogen) atoms. The predicted molar refractivity (Wildman–Crippen MR) is 181 cm³/mol. The van der Waals surface area contributed by atoms with Gasteiger partial charge in [0.2, 0.25) is 0 Å². The molecule has 4 nitrogen and oxygen atoms in total. The van der Waals surface area contributed by atoms with Crippen molar-refractivity contribution < 1.29 is 0 Å². The minimum absolute atomic E-state index is 0.0461. The van der Waals surface area contributed by atoms with E-state index in [9.17, 15) is 0 Å². The van der Waals surface area contributed by atoms with Gasteiger partial charge in [0.05, 0.1) is 28.5 Å². The number of nitrogens with one attached hydrogen (secondary N) is 2. The number of fused-ring (bicyclic) bond motifs is 7. The molecule has 4 heteroatoms. The number of aromatic nitrogens is 1. The highest BCUT2D eigenvalue weighted by atomic mass is 15.4. The standard InChI is InChI=1S/C39H28N4/c1-3-11-29-25(9-1)18-22-31-36(32-23-19-26-10-2-4-12-30(26)38(32)42-37(29)31)27-16-20-28(21-17-27)43-35-15-6-5-13-33(35)41-39(43)34-14-7-8-24-40-34/h1-24,34,39-41H. The van der Waals surface area contributed by atoms with Crippen molar-refractivity contribution >= 4 is 60.4 Å². The number of dihydropyridines is 1. The smallest absolute Gasteiger partial charge is 0.128 e. The molecular formula is C39H28N4. The van der Waals surface area contributed by atoms with Crippen LogP contribution in [0.15, 0.2) is 146 Å². The SMILES string of the molecule is C1=CNC(C2Nc3ccccc3N2c2ccc(-c3c4ccc5ccccc5c4nc4c3ccc3ccccc34)cc2)C=C1. The zero-order valence-corrected chi connectivity index (χ0v) is 23.4. The fourth-order valence-electron chi connectivity index (χ4n) is 6.90. The minimum Gasteiger partial charge on any atom is -0.381 e. The molecule has 9 rings (SSSR count). The molecule has 0 amide bonds. The highest BCUT2D eigenvalue weighted by Crippen LogP contribution is 2.43. The summed E-state index contributed by atoms with van der Waals surface area (Å²) in [5.74, 6) is 0. The normalized spacial score (nSPS) is 17.4. The van der Waals surface area contributed by atoms with E-state index in [4.69, 9.17) is 4.98 Å². The van der Waals surface area contributed by atoms with Crippen LogP contribution in [-0.2, 0) is 0 Å². The molecule has 7 aromatic rings. The van der Waals surface area contributed by atoms with Crippen molar-refractivity contribution in [3.05, 3.63) is 146 Å². The van der Waals surface area contributed by atoms with Gasteiger partial charge < -0.3 is 15.5 Å². The number of pyridine rings is 1. The van der Waals surface area contributed by atoms with Gasteiger partial charge in [0.15, 0.2) is 0 Å². The number of nitrogens with zero attached hydrogens (tertiary/aromatic N) is 2. The van der Waals surface area contributed by atoms with Crippen molar-refractivity contribution in [1.29, 1.82) is 0 Å². The van der Waals surface area contributed by atoms with Crippen molar-refractivity contribution in [1.82, 2.24) is 10.3 Å². The van der Waals surface area contributed by atoms with Gasteiger partial charge in [0, 0.05) is 32.8 Å². The Morgan fingerprint density at radius 1 is 0.581 bits per heavy atom. The number of benzene rings is 6. The van der Waals surface area contributed by atoms with Crippen molar-refractivity contribution in [2.24, 2.45) is 0 Å². The molecule has 0 saturated carbocycles. The summed E-state index contributed by atoms with van der Waals surface area (Å²) in [5, 5.41) is 14.4. The molecule has 0 saturated heterocycles. The minimum atomic E-state index is 0.0461. The second-order valence-electron chi connectivity index (χ2n) is 11.3.